The number of phenols is 2. The molecule has 2 N–H and O–H groups in total. The largest absolute Gasteiger partial charge is 0.508 e. The molecule has 0 bridgehead atoms. The zero-order valence-corrected chi connectivity index (χ0v) is 13.9. The lowest BCUT2D eigenvalue weighted by molar-refractivity contribution is 0.103. The summed E-state index contributed by atoms with van der Waals surface area (Å²) in [5.74, 6) is 0.201. The molecule has 4 rings (SSSR count). The number of hydrogen-bond donors (Lipinski definition) is 2. The maximum Gasteiger partial charge on any atom is 0.193 e. The van der Waals surface area contributed by atoms with Gasteiger partial charge >= 0.3 is 0 Å². The predicted octanol–water partition coefficient (Wildman–Crippen LogP) is 5.15. The molecule has 0 heterocycles. The molecule has 0 aliphatic heterocycles. The summed E-state index contributed by atoms with van der Waals surface area (Å²) in [6, 6.07) is 24.8. The van der Waals surface area contributed by atoms with E-state index in [0.29, 0.717) is 11.1 Å². The standard InChI is InChI=1S/C23H16O3/c24-18-9-6-16(7-10-18)23(26)21-12-8-17-14-19(25)11-13-20(17)22(21)15-4-2-1-3-5-15/h1-14,24-25H. The topological polar surface area (TPSA) is 57.5 Å². The second-order valence-electron chi connectivity index (χ2n) is 6.14. The molecule has 3 nitrogen and oxygen atoms in total. The molecule has 0 unspecified atom stereocenters. The van der Waals surface area contributed by atoms with E-state index in [1.165, 1.54) is 12.1 Å². The first-order valence-electron chi connectivity index (χ1n) is 8.28. The van der Waals surface area contributed by atoms with Crippen molar-refractivity contribution in [1.29, 1.82) is 0 Å². The number of phenolic OH excluding ortho intramolecular Hbond substituents is 2. The first-order valence-corrected chi connectivity index (χ1v) is 8.28. The van der Waals surface area contributed by atoms with Crippen LogP contribution in [-0.2, 0) is 0 Å². The molecule has 0 saturated heterocycles. The molecule has 0 saturated carbocycles. The van der Waals surface area contributed by atoms with Gasteiger partial charge in [0.05, 0.1) is 0 Å². The highest BCUT2D eigenvalue weighted by Crippen LogP contribution is 2.35. The molecule has 0 radical (unpaired) electrons. The number of fused-ring (bicyclic) bond motifs is 1. The molecule has 0 aromatic heterocycles. The maximum atomic E-state index is 13.1. The summed E-state index contributed by atoms with van der Waals surface area (Å²) in [5, 5.41) is 21.0. The molecule has 0 amide bonds. The Labute approximate surface area is 150 Å². The van der Waals surface area contributed by atoms with Gasteiger partial charge in [0.15, 0.2) is 5.78 Å². The Bertz CT molecular complexity index is 1100. The SMILES string of the molecule is O=C(c1ccc(O)cc1)c1ccc2cc(O)ccc2c1-c1ccccc1. The molecule has 0 fully saturated rings. The van der Waals surface area contributed by atoms with Crippen LogP contribution >= 0.6 is 0 Å². The molecular formula is C23H16O3. The molecule has 26 heavy (non-hydrogen) atoms. The van der Waals surface area contributed by atoms with Crippen molar-refractivity contribution in [2.24, 2.45) is 0 Å². The highest BCUT2D eigenvalue weighted by molar-refractivity contribution is 6.17. The normalized spacial score (nSPS) is 10.8. The van der Waals surface area contributed by atoms with Gasteiger partial charge in [-0.15, -0.1) is 0 Å². The molecule has 3 heteroatoms. The lowest BCUT2D eigenvalue weighted by atomic mass is 9.89. The summed E-state index contributed by atoms with van der Waals surface area (Å²) in [5.41, 5.74) is 2.87. The van der Waals surface area contributed by atoms with Gasteiger partial charge in [0, 0.05) is 16.7 Å². The number of carbonyl (C=O) groups excluding carboxylic acids is 1. The molecule has 0 aliphatic rings. The smallest absolute Gasteiger partial charge is 0.193 e. The number of benzene rings is 4. The van der Waals surface area contributed by atoms with Crippen molar-refractivity contribution in [3.8, 4) is 22.6 Å². The van der Waals surface area contributed by atoms with Crippen LogP contribution in [0, 0.1) is 0 Å². The van der Waals surface area contributed by atoms with Crippen LogP contribution in [0.25, 0.3) is 21.9 Å². The van der Waals surface area contributed by atoms with Gasteiger partial charge in [-0.25, -0.2) is 0 Å². The summed E-state index contributed by atoms with van der Waals surface area (Å²) in [4.78, 5) is 13.1. The minimum Gasteiger partial charge on any atom is -0.508 e. The van der Waals surface area contributed by atoms with Crippen molar-refractivity contribution >= 4 is 16.6 Å². The van der Waals surface area contributed by atoms with Gasteiger partial charge in [0.1, 0.15) is 11.5 Å². The second kappa shape index (κ2) is 6.37. The van der Waals surface area contributed by atoms with Gasteiger partial charge in [-0.3, -0.25) is 4.79 Å². The van der Waals surface area contributed by atoms with Gasteiger partial charge < -0.3 is 10.2 Å². The van der Waals surface area contributed by atoms with Crippen LogP contribution in [0.15, 0.2) is 84.9 Å². The first kappa shape index (κ1) is 15.9. The minimum atomic E-state index is -0.112. The van der Waals surface area contributed by atoms with Gasteiger partial charge in [0.2, 0.25) is 0 Å². The Morgan fingerprint density at radius 2 is 1.38 bits per heavy atom. The number of hydrogen-bond acceptors (Lipinski definition) is 3. The quantitative estimate of drug-likeness (QED) is 0.507. The molecule has 0 aliphatic carbocycles. The van der Waals surface area contributed by atoms with E-state index in [9.17, 15) is 15.0 Å². The molecule has 4 aromatic rings. The predicted molar refractivity (Wildman–Crippen MR) is 103 cm³/mol. The van der Waals surface area contributed by atoms with Crippen molar-refractivity contribution < 1.29 is 15.0 Å². The van der Waals surface area contributed by atoms with Crippen LogP contribution in [0.5, 0.6) is 11.5 Å². The first-order chi connectivity index (χ1) is 12.6. The molecule has 0 atom stereocenters. The average Bonchev–Trinajstić information content (AvgIpc) is 2.67. The monoisotopic (exact) mass is 340 g/mol. The van der Waals surface area contributed by atoms with E-state index >= 15 is 0 Å². The van der Waals surface area contributed by atoms with Crippen LogP contribution < -0.4 is 0 Å². The fraction of sp³-hybridized carbons (Fsp3) is 0. The van der Waals surface area contributed by atoms with E-state index in [4.69, 9.17) is 0 Å². The van der Waals surface area contributed by atoms with Crippen molar-refractivity contribution in [3.05, 3.63) is 96.1 Å². The molecule has 4 aromatic carbocycles. The van der Waals surface area contributed by atoms with E-state index in [1.54, 1.807) is 30.3 Å². The van der Waals surface area contributed by atoms with E-state index in [0.717, 1.165) is 21.9 Å². The average molecular weight is 340 g/mol. The third kappa shape index (κ3) is 2.80. The van der Waals surface area contributed by atoms with Crippen LogP contribution in [0.3, 0.4) is 0 Å². The van der Waals surface area contributed by atoms with Gasteiger partial charge in [-0.2, -0.15) is 0 Å². The van der Waals surface area contributed by atoms with Crippen molar-refractivity contribution in [3.63, 3.8) is 0 Å². The fourth-order valence-corrected chi connectivity index (χ4v) is 3.19. The zero-order chi connectivity index (χ0) is 18.1. The molecular weight excluding hydrogens is 324 g/mol. The second-order valence-corrected chi connectivity index (χ2v) is 6.14. The highest BCUT2D eigenvalue weighted by Gasteiger charge is 2.17. The van der Waals surface area contributed by atoms with Gasteiger partial charge in [-0.1, -0.05) is 42.5 Å². The van der Waals surface area contributed by atoms with E-state index < -0.39 is 0 Å². The number of ketones is 1. The lowest BCUT2D eigenvalue weighted by Crippen LogP contribution is -2.04. The zero-order valence-electron chi connectivity index (χ0n) is 13.9. The minimum absolute atomic E-state index is 0.112. The summed E-state index contributed by atoms with van der Waals surface area (Å²) < 4.78 is 0. The number of rotatable bonds is 3. The van der Waals surface area contributed by atoms with Crippen LogP contribution in [-0.4, -0.2) is 16.0 Å². The highest BCUT2D eigenvalue weighted by atomic mass is 16.3. The molecule has 0 spiro atoms. The summed E-state index contributed by atoms with van der Waals surface area (Å²) in [7, 11) is 0. The summed E-state index contributed by atoms with van der Waals surface area (Å²) >= 11 is 0. The van der Waals surface area contributed by atoms with Crippen LogP contribution in [0.2, 0.25) is 0 Å². The fourth-order valence-electron chi connectivity index (χ4n) is 3.19. The Hall–Kier alpha value is -3.59. The third-order valence-corrected chi connectivity index (χ3v) is 4.44. The Morgan fingerprint density at radius 1 is 0.692 bits per heavy atom. The number of aromatic hydroxyl groups is 2. The Kier molecular flexibility index (Phi) is 3.90. The Morgan fingerprint density at radius 3 is 2.12 bits per heavy atom. The van der Waals surface area contributed by atoms with E-state index in [2.05, 4.69) is 0 Å². The molecule has 126 valence electrons. The van der Waals surface area contributed by atoms with Gasteiger partial charge in [-0.05, 0) is 58.8 Å². The summed E-state index contributed by atoms with van der Waals surface area (Å²) in [6.45, 7) is 0. The summed E-state index contributed by atoms with van der Waals surface area (Å²) in [6.07, 6.45) is 0. The van der Waals surface area contributed by atoms with Crippen LogP contribution in [0.1, 0.15) is 15.9 Å². The van der Waals surface area contributed by atoms with Crippen molar-refractivity contribution in [2.45, 2.75) is 0 Å². The Balaban J connectivity index is 1.98. The van der Waals surface area contributed by atoms with Gasteiger partial charge in [0.25, 0.3) is 0 Å². The third-order valence-electron chi connectivity index (χ3n) is 4.44. The maximum absolute atomic E-state index is 13.1. The van der Waals surface area contributed by atoms with Crippen molar-refractivity contribution in [2.75, 3.05) is 0 Å². The van der Waals surface area contributed by atoms with Crippen molar-refractivity contribution in [1.82, 2.24) is 0 Å². The van der Waals surface area contributed by atoms with E-state index in [-0.39, 0.29) is 17.3 Å². The van der Waals surface area contributed by atoms with Crippen LogP contribution in [0.4, 0.5) is 0 Å². The lowest BCUT2D eigenvalue weighted by Gasteiger charge is -2.13. The van der Waals surface area contributed by atoms with E-state index in [1.807, 2.05) is 42.5 Å². The number of carbonyl (C=O) groups is 1.